The molecule has 1 aromatic heterocycles. The van der Waals surface area contributed by atoms with Crippen LogP contribution in [0.3, 0.4) is 0 Å². The Morgan fingerprint density at radius 1 is 1.33 bits per heavy atom. The molecule has 1 saturated carbocycles. The molecule has 0 spiro atoms. The Labute approximate surface area is 162 Å². The lowest BCUT2D eigenvalue weighted by Crippen LogP contribution is -2.49. The molecule has 1 N–H and O–H groups in total. The van der Waals surface area contributed by atoms with Crippen LogP contribution in [-0.2, 0) is 11.8 Å². The Balaban J connectivity index is 0.00000208. The van der Waals surface area contributed by atoms with Gasteiger partial charge in [0.25, 0.3) is 0 Å². The van der Waals surface area contributed by atoms with Gasteiger partial charge >= 0.3 is 0 Å². The number of aryl methyl sites for hydroxylation is 1. The number of aromatic nitrogens is 2. The van der Waals surface area contributed by atoms with Crippen molar-refractivity contribution in [3.8, 4) is 0 Å². The summed E-state index contributed by atoms with van der Waals surface area (Å²) in [5, 5.41) is 7.92. The molecule has 0 radical (unpaired) electrons. The second kappa shape index (κ2) is 6.82. The highest BCUT2D eigenvalue weighted by Gasteiger charge is 2.65. The maximum atomic E-state index is 5.93. The number of nitrogens with one attached hydrogen (secondary N) is 1. The molecule has 0 aromatic carbocycles. The summed E-state index contributed by atoms with van der Waals surface area (Å²) in [6.45, 7) is 11.6. The smallest absolute Gasteiger partial charge is 0.194 e. The van der Waals surface area contributed by atoms with Crippen LogP contribution in [0.1, 0.15) is 39.4 Å². The highest BCUT2D eigenvalue weighted by atomic mass is 127. The predicted molar refractivity (Wildman–Crippen MR) is 107 cm³/mol. The van der Waals surface area contributed by atoms with Crippen LogP contribution in [-0.4, -0.2) is 53.4 Å². The predicted octanol–water partition coefficient (Wildman–Crippen LogP) is 2.42. The van der Waals surface area contributed by atoms with Crippen molar-refractivity contribution in [2.45, 2.75) is 39.8 Å². The fraction of sp³-hybridized carbons (Fsp3) is 0.765. The summed E-state index contributed by atoms with van der Waals surface area (Å²) in [5.74, 6) is 0.978. The first-order valence-electron chi connectivity index (χ1n) is 8.36. The van der Waals surface area contributed by atoms with E-state index in [0.29, 0.717) is 12.6 Å². The Bertz CT molecular complexity index is 596. The van der Waals surface area contributed by atoms with E-state index < -0.39 is 0 Å². The minimum absolute atomic E-state index is 0. The molecule has 1 unspecified atom stereocenters. The summed E-state index contributed by atoms with van der Waals surface area (Å²) in [7, 11) is 3.79. The zero-order valence-electron chi connectivity index (χ0n) is 15.5. The van der Waals surface area contributed by atoms with E-state index in [0.717, 1.165) is 24.6 Å². The molecule has 3 rings (SSSR count). The van der Waals surface area contributed by atoms with Gasteiger partial charge in [-0.2, -0.15) is 5.10 Å². The SMILES string of the molecule is CN=C(NC1C(C)(C)C1(C)C)N1CCOC(c2cnn(C)c2)C1.I. The first-order chi connectivity index (χ1) is 10.8. The van der Waals surface area contributed by atoms with E-state index in [4.69, 9.17) is 4.74 Å². The highest BCUT2D eigenvalue weighted by Crippen LogP contribution is 2.62. The molecule has 2 heterocycles. The van der Waals surface area contributed by atoms with Gasteiger partial charge in [0.15, 0.2) is 5.96 Å². The van der Waals surface area contributed by atoms with Crippen LogP contribution in [0.25, 0.3) is 0 Å². The first-order valence-corrected chi connectivity index (χ1v) is 8.36. The maximum Gasteiger partial charge on any atom is 0.194 e. The third-order valence-electron chi connectivity index (χ3n) is 5.97. The number of aliphatic imine (C=N–C) groups is 1. The third-order valence-corrected chi connectivity index (χ3v) is 5.97. The first kappa shape index (κ1) is 19.5. The van der Waals surface area contributed by atoms with Crippen molar-refractivity contribution in [3.05, 3.63) is 18.0 Å². The molecule has 2 aliphatic rings. The molecule has 1 saturated heterocycles. The van der Waals surface area contributed by atoms with Gasteiger partial charge in [-0.05, 0) is 10.8 Å². The van der Waals surface area contributed by atoms with Crippen molar-refractivity contribution < 1.29 is 4.74 Å². The topological polar surface area (TPSA) is 54.7 Å². The number of hydrogen-bond acceptors (Lipinski definition) is 3. The molecule has 6 nitrogen and oxygen atoms in total. The van der Waals surface area contributed by atoms with Gasteiger partial charge in [-0.3, -0.25) is 9.67 Å². The molecule has 0 bridgehead atoms. The highest BCUT2D eigenvalue weighted by molar-refractivity contribution is 14.0. The summed E-state index contributed by atoms with van der Waals surface area (Å²) >= 11 is 0. The Hall–Kier alpha value is -0.830. The molecule has 1 aliphatic heterocycles. The summed E-state index contributed by atoms with van der Waals surface area (Å²) < 4.78 is 7.75. The number of morpholine rings is 1. The van der Waals surface area contributed by atoms with Crippen molar-refractivity contribution in [3.63, 3.8) is 0 Å². The number of rotatable bonds is 2. The van der Waals surface area contributed by atoms with Gasteiger partial charge in [0, 0.05) is 38.4 Å². The fourth-order valence-corrected chi connectivity index (χ4v) is 3.63. The van der Waals surface area contributed by atoms with E-state index in [1.54, 1.807) is 0 Å². The molecule has 1 atom stereocenters. The van der Waals surface area contributed by atoms with Crippen molar-refractivity contribution in [1.82, 2.24) is 20.0 Å². The van der Waals surface area contributed by atoms with E-state index >= 15 is 0 Å². The van der Waals surface area contributed by atoms with E-state index in [2.05, 4.69) is 48.0 Å². The molecule has 24 heavy (non-hydrogen) atoms. The lowest BCUT2D eigenvalue weighted by atomic mass is 10.0. The van der Waals surface area contributed by atoms with Crippen LogP contribution < -0.4 is 5.32 Å². The van der Waals surface area contributed by atoms with Crippen molar-refractivity contribution in [2.24, 2.45) is 22.9 Å². The quantitative estimate of drug-likeness (QED) is 0.430. The zero-order chi connectivity index (χ0) is 16.8. The van der Waals surface area contributed by atoms with Crippen LogP contribution in [0, 0.1) is 10.8 Å². The molecule has 7 heteroatoms. The van der Waals surface area contributed by atoms with Gasteiger partial charge in [-0.1, -0.05) is 27.7 Å². The van der Waals surface area contributed by atoms with Gasteiger partial charge in [-0.25, -0.2) is 0 Å². The Morgan fingerprint density at radius 3 is 2.50 bits per heavy atom. The number of hydrogen-bond donors (Lipinski definition) is 1. The zero-order valence-corrected chi connectivity index (χ0v) is 17.9. The van der Waals surface area contributed by atoms with E-state index in [9.17, 15) is 0 Å². The van der Waals surface area contributed by atoms with Crippen LogP contribution >= 0.6 is 24.0 Å². The van der Waals surface area contributed by atoms with Crippen LogP contribution in [0.4, 0.5) is 0 Å². The summed E-state index contributed by atoms with van der Waals surface area (Å²) in [6, 6.07) is 0.452. The minimum Gasteiger partial charge on any atom is -0.370 e. The Kier molecular flexibility index (Phi) is 5.54. The van der Waals surface area contributed by atoms with Crippen LogP contribution in [0.15, 0.2) is 17.4 Å². The second-order valence-corrected chi connectivity index (χ2v) is 7.82. The lowest BCUT2D eigenvalue weighted by molar-refractivity contribution is -0.00813. The molecule has 1 aromatic rings. The average Bonchev–Trinajstić information content (AvgIpc) is 2.84. The molecule has 136 valence electrons. The molecule has 2 fully saturated rings. The van der Waals surface area contributed by atoms with E-state index in [1.165, 1.54) is 0 Å². The lowest BCUT2D eigenvalue weighted by Gasteiger charge is -2.35. The van der Waals surface area contributed by atoms with E-state index in [1.807, 2.05) is 31.2 Å². The summed E-state index contributed by atoms with van der Waals surface area (Å²) in [4.78, 5) is 6.81. The second-order valence-electron chi connectivity index (χ2n) is 7.82. The molecular formula is C17H30IN5O. The average molecular weight is 447 g/mol. The Morgan fingerprint density at radius 2 is 2.00 bits per heavy atom. The van der Waals surface area contributed by atoms with Crippen LogP contribution in [0.2, 0.25) is 0 Å². The van der Waals surface area contributed by atoms with Crippen LogP contribution in [0.5, 0.6) is 0 Å². The van der Waals surface area contributed by atoms with Gasteiger partial charge in [0.05, 0.1) is 19.3 Å². The summed E-state index contributed by atoms with van der Waals surface area (Å²) in [6.07, 6.45) is 3.96. The molecular weight excluding hydrogens is 417 g/mol. The number of ether oxygens (including phenoxy) is 1. The number of nitrogens with zero attached hydrogens (tertiary/aromatic N) is 4. The van der Waals surface area contributed by atoms with Gasteiger partial charge < -0.3 is 15.0 Å². The molecule has 0 amide bonds. The normalized spacial score (nSPS) is 26.0. The molecule has 1 aliphatic carbocycles. The fourth-order valence-electron chi connectivity index (χ4n) is 3.63. The largest absolute Gasteiger partial charge is 0.370 e. The van der Waals surface area contributed by atoms with E-state index in [-0.39, 0.29) is 40.9 Å². The van der Waals surface area contributed by atoms with Crippen molar-refractivity contribution in [2.75, 3.05) is 26.7 Å². The van der Waals surface area contributed by atoms with Gasteiger partial charge in [0.1, 0.15) is 6.10 Å². The third kappa shape index (κ3) is 3.29. The monoisotopic (exact) mass is 447 g/mol. The maximum absolute atomic E-state index is 5.93. The standard InChI is InChI=1S/C17H29N5O.HI/c1-16(2)14(17(16,3)4)20-15(18-5)22-7-8-23-13(11-22)12-9-19-21(6)10-12;/h9-10,13-14H,7-8,11H2,1-6H3,(H,18,20);1H. The summed E-state index contributed by atoms with van der Waals surface area (Å²) in [5.41, 5.74) is 1.70. The number of guanidine groups is 1. The van der Waals surface area contributed by atoms with Gasteiger partial charge in [-0.15, -0.1) is 24.0 Å². The van der Waals surface area contributed by atoms with Crippen molar-refractivity contribution in [1.29, 1.82) is 0 Å². The number of halogens is 1. The minimum atomic E-state index is 0. The van der Waals surface area contributed by atoms with Crippen molar-refractivity contribution >= 4 is 29.9 Å². The van der Waals surface area contributed by atoms with Gasteiger partial charge in [0.2, 0.25) is 0 Å².